The summed E-state index contributed by atoms with van der Waals surface area (Å²) in [4.78, 5) is 30.6. The van der Waals surface area contributed by atoms with Crippen molar-refractivity contribution in [2.75, 3.05) is 55.2 Å². The van der Waals surface area contributed by atoms with E-state index in [9.17, 15) is 19.8 Å². The van der Waals surface area contributed by atoms with E-state index in [1.54, 1.807) is 52.7 Å². The van der Waals surface area contributed by atoms with Crippen molar-refractivity contribution in [2.45, 2.75) is 61.9 Å². The van der Waals surface area contributed by atoms with Crippen molar-refractivity contribution in [3.05, 3.63) is 29.8 Å². The predicted octanol–water partition coefficient (Wildman–Crippen LogP) is 1.18. The molecule has 3 unspecified atom stereocenters. The molecule has 11 heteroatoms. The quantitative estimate of drug-likeness (QED) is 0.388. The average molecular weight is 616 g/mol. The van der Waals surface area contributed by atoms with Crippen molar-refractivity contribution in [3.8, 4) is 5.75 Å². The van der Waals surface area contributed by atoms with E-state index >= 15 is 0 Å². The number of ether oxygens (including phenoxy) is 6. The normalized spacial score (nSPS) is 48.4. The SMILES string of the molecule is CCN1C[C@]2(COC)[C@H](O)C[C@H](OC)C34C1C([C@H]1C(=O)[C@H](OC)[C@]5(O)C[C@H]3[C@@H]1[C@H]5OC(=O)c1ccc(OC)cc1)[C@H](OC)[C@@H]42. The van der Waals surface area contributed by atoms with Gasteiger partial charge in [-0.2, -0.15) is 0 Å². The van der Waals surface area contributed by atoms with Gasteiger partial charge < -0.3 is 38.6 Å². The van der Waals surface area contributed by atoms with Gasteiger partial charge in [-0.1, -0.05) is 6.92 Å². The molecule has 11 nitrogen and oxygen atoms in total. The maximum absolute atomic E-state index is 14.5. The van der Waals surface area contributed by atoms with Crippen LogP contribution in [0.4, 0.5) is 0 Å². The van der Waals surface area contributed by atoms with Gasteiger partial charge >= 0.3 is 5.97 Å². The van der Waals surface area contributed by atoms with Crippen LogP contribution in [-0.2, 0) is 28.5 Å². The number of aliphatic hydroxyl groups excluding tert-OH is 1. The number of nitrogens with zero attached hydrogens (tertiary/aromatic N) is 1. The fraction of sp³-hybridized carbons (Fsp3) is 0.758. The molecule has 14 atom stereocenters. The molecule has 7 rings (SSSR count). The van der Waals surface area contributed by atoms with E-state index in [1.165, 1.54) is 7.11 Å². The highest BCUT2D eigenvalue weighted by Crippen LogP contribution is 2.78. The fourth-order valence-electron chi connectivity index (χ4n) is 11.8. The van der Waals surface area contributed by atoms with E-state index in [-0.39, 0.29) is 48.2 Å². The number of methoxy groups -OCH3 is 5. The van der Waals surface area contributed by atoms with E-state index in [2.05, 4.69) is 11.8 Å². The maximum Gasteiger partial charge on any atom is 0.338 e. The molecule has 1 saturated heterocycles. The number of rotatable bonds is 9. The standard InChI is InChI=1S/C33H45NO10/c1-7-34-14-31(15-39-2)19(35)12-20(41-4)33-18-13-32(38)28(44-30(37)16-8-10-17(40-3)11-9-16)21(18)22(24(36)29(32)43-6)23(27(33)34)25(42-5)26(31)33/h8-11,18-23,25-29,35,38H,7,12-15H2,1-6H3/t18-,19+,20-,21-,22-,23?,25-,26+,27?,28+,29-,31-,32-,33?/m0/s1. The molecular formula is C33H45NO10. The smallest absolute Gasteiger partial charge is 0.338 e. The highest BCUT2D eigenvalue weighted by atomic mass is 16.6. The zero-order valence-electron chi connectivity index (χ0n) is 26.3. The summed E-state index contributed by atoms with van der Waals surface area (Å²) in [5.74, 6) is -1.98. The summed E-state index contributed by atoms with van der Waals surface area (Å²) in [6, 6.07) is 6.53. The molecule has 242 valence electrons. The van der Waals surface area contributed by atoms with Crippen LogP contribution in [0.3, 0.4) is 0 Å². The molecular weight excluding hydrogens is 570 g/mol. The molecule has 44 heavy (non-hydrogen) atoms. The minimum absolute atomic E-state index is 0.101. The molecule has 0 radical (unpaired) electrons. The summed E-state index contributed by atoms with van der Waals surface area (Å²) >= 11 is 0. The van der Waals surface area contributed by atoms with Gasteiger partial charge in [-0.05, 0) is 43.1 Å². The largest absolute Gasteiger partial charge is 0.497 e. The van der Waals surface area contributed by atoms with Crippen LogP contribution in [0.5, 0.6) is 5.75 Å². The first kappa shape index (κ1) is 30.5. The van der Waals surface area contributed by atoms with E-state index in [0.717, 1.165) is 0 Å². The van der Waals surface area contributed by atoms with Gasteiger partial charge in [0.25, 0.3) is 0 Å². The molecule has 1 heterocycles. The Kier molecular flexibility index (Phi) is 7.25. The van der Waals surface area contributed by atoms with Gasteiger partial charge in [0.2, 0.25) is 0 Å². The van der Waals surface area contributed by atoms with Crippen LogP contribution in [0.15, 0.2) is 24.3 Å². The highest BCUT2D eigenvalue weighted by molar-refractivity contribution is 5.92. The van der Waals surface area contributed by atoms with E-state index in [0.29, 0.717) is 37.4 Å². The number of carbonyl (C=O) groups excluding carboxylic acids is 2. The molecule has 1 aliphatic heterocycles. The number of hydrogen-bond donors (Lipinski definition) is 2. The number of Topliss-reactive ketones (excluding diaryl/α,β-unsaturated/α-hetero) is 1. The molecule has 7 bridgehead atoms. The molecule has 6 fully saturated rings. The zero-order chi connectivity index (χ0) is 31.3. The highest BCUT2D eigenvalue weighted by Gasteiger charge is 2.87. The number of aliphatic hydroxyl groups is 2. The number of esters is 1. The molecule has 6 aliphatic rings. The molecule has 5 aliphatic carbocycles. The van der Waals surface area contributed by atoms with Gasteiger partial charge in [0, 0.05) is 81.9 Å². The summed E-state index contributed by atoms with van der Waals surface area (Å²) in [6.07, 6.45) is -3.03. The van der Waals surface area contributed by atoms with Crippen molar-refractivity contribution in [3.63, 3.8) is 0 Å². The number of likely N-dealkylation sites (tertiary alicyclic amines) is 1. The summed E-state index contributed by atoms with van der Waals surface area (Å²) < 4.78 is 36.0. The Bertz CT molecular complexity index is 1310. The zero-order valence-corrected chi connectivity index (χ0v) is 26.3. The first-order valence-electron chi connectivity index (χ1n) is 15.7. The van der Waals surface area contributed by atoms with Gasteiger partial charge in [0.15, 0.2) is 5.78 Å². The van der Waals surface area contributed by atoms with Crippen LogP contribution in [-0.4, -0.2) is 124 Å². The number of hydrogen-bond acceptors (Lipinski definition) is 11. The second kappa shape index (κ2) is 10.4. The Balaban J connectivity index is 1.42. The average Bonchev–Trinajstić information content (AvgIpc) is 3.36. The van der Waals surface area contributed by atoms with Gasteiger partial charge in [-0.15, -0.1) is 0 Å². The summed E-state index contributed by atoms with van der Waals surface area (Å²) in [6.45, 7) is 3.73. The lowest BCUT2D eigenvalue weighted by atomic mass is 9.43. The van der Waals surface area contributed by atoms with Crippen molar-refractivity contribution < 1.29 is 48.2 Å². The second-order valence-electron chi connectivity index (χ2n) is 13.9. The lowest BCUT2D eigenvalue weighted by Crippen LogP contribution is -2.77. The van der Waals surface area contributed by atoms with Crippen LogP contribution in [0.25, 0.3) is 0 Å². The van der Waals surface area contributed by atoms with E-state index in [1.807, 2.05) is 0 Å². The van der Waals surface area contributed by atoms with Crippen molar-refractivity contribution >= 4 is 11.8 Å². The lowest BCUT2D eigenvalue weighted by molar-refractivity contribution is -0.280. The first-order chi connectivity index (χ1) is 21.1. The van der Waals surface area contributed by atoms with Gasteiger partial charge in [0.1, 0.15) is 23.6 Å². The minimum atomic E-state index is -1.73. The molecule has 1 aromatic rings. The van der Waals surface area contributed by atoms with Crippen LogP contribution in [0.1, 0.15) is 30.1 Å². The minimum Gasteiger partial charge on any atom is -0.497 e. The first-order valence-corrected chi connectivity index (χ1v) is 15.7. The number of benzene rings is 1. The molecule has 2 N–H and O–H groups in total. The Morgan fingerprint density at radius 3 is 2.36 bits per heavy atom. The number of ketones is 1. The molecule has 1 spiro atoms. The Morgan fingerprint density at radius 2 is 1.77 bits per heavy atom. The van der Waals surface area contributed by atoms with Crippen LogP contribution < -0.4 is 4.74 Å². The third kappa shape index (κ3) is 3.47. The van der Waals surface area contributed by atoms with Crippen molar-refractivity contribution in [1.29, 1.82) is 0 Å². The topological polar surface area (TPSA) is 133 Å². The summed E-state index contributed by atoms with van der Waals surface area (Å²) in [7, 11) is 8.02. The number of carbonyl (C=O) groups is 2. The number of piperidine rings is 1. The summed E-state index contributed by atoms with van der Waals surface area (Å²) in [5.41, 5.74) is -2.69. The Hall–Kier alpha value is -2.12. The lowest BCUT2D eigenvalue weighted by Gasteiger charge is -2.69. The van der Waals surface area contributed by atoms with Crippen molar-refractivity contribution in [2.24, 2.45) is 40.4 Å². The maximum atomic E-state index is 14.5. The molecule has 5 saturated carbocycles. The third-order valence-electron chi connectivity index (χ3n) is 12.8. The van der Waals surface area contributed by atoms with Gasteiger partial charge in [0.05, 0.1) is 37.6 Å². The molecule has 0 aromatic heterocycles. The predicted molar refractivity (Wildman–Crippen MR) is 155 cm³/mol. The third-order valence-corrected chi connectivity index (χ3v) is 12.8. The number of fused-ring (bicyclic) bond motifs is 2. The Morgan fingerprint density at radius 1 is 1.05 bits per heavy atom. The molecule has 1 aromatic carbocycles. The Labute approximate surface area is 258 Å². The van der Waals surface area contributed by atoms with Gasteiger partial charge in [-0.3, -0.25) is 9.69 Å². The monoisotopic (exact) mass is 615 g/mol. The second-order valence-corrected chi connectivity index (χ2v) is 13.9. The van der Waals surface area contributed by atoms with Crippen LogP contribution in [0.2, 0.25) is 0 Å². The van der Waals surface area contributed by atoms with Gasteiger partial charge in [-0.25, -0.2) is 4.79 Å². The summed E-state index contributed by atoms with van der Waals surface area (Å²) in [5, 5.41) is 24.4. The van der Waals surface area contributed by atoms with E-state index in [4.69, 9.17) is 28.4 Å². The molecule has 0 amide bonds. The van der Waals surface area contributed by atoms with E-state index < -0.39 is 52.5 Å². The van der Waals surface area contributed by atoms with Crippen molar-refractivity contribution in [1.82, 2.24) is 4.90 Å². The van der Waals surface area contributed by atoms with Crippen LogP contribution in [0, 0.1) is 40.4 Å². The fourth-order valence-corrected chi connectivity index (χ4v) is 11.8. The van der Waals surface area contributed by atoms with Crippen LogP contribution >= 0.6 is 0 Å².